The number of nitrogens with two attached hydrogens (primary N) is 1. The van der Waals surface area contributed by atoms with E-state index >= 15 is 0 Å². The Morgan fingerprint density at radius 2 is 1.90 bits per heavy atom. The highest BCUT2D eigenvalue weighted by Crippen LogP contribution is 2.19. The van der Waals surface area contributed by atoms with Gasteiger partial charge in [0.05, 0.1) is 6.10 Å². The molecular weight excluding hydrogens is 130 g/mol. The number of ether oxygens (including phenoxy) is 1. The molecule has 10 heavy (non-hydrogen) atoms. The molecule has 0 unspecified atom stereocenters. The molecule has 1 aliphatic rings. The predicted octanol–water partition coefficient (Wildman–Crippen LogP) is 0.677. The minimum atomic E-state index is 0.250. The molecule has 0 aromatic carbocycles. The van der Waals surface area contributed by atoms with Gasteiger partial charge in [-0.05, 0) is 12.8 Å². The van der Waals surface area contributed by atoms with Crippen LogP contribution in [-0.4, -0.2) is 19.6 Å². The van der Waals surface area contributed by atoms with Crippen molar-refractivity contribution in [3.05, 3.63) is 0 Å². The van der Waals surface area contributed by atoms with Crippen molar-refractivity contribution >= 4 is 6.41 Å². The third-order valence-corrected chi connectivity index (χ3v) is 1.64. The smallest absolute Gasteiger partial charge is 0.204 e. The number of rotatable bonds is 1. The van der Waals surface area contributed by atoms with Crippen LogP contribution in [0.2, 0.25) is 0 Å². The van der Waals surface area contributed by atoms with Crippen LogP contribution < -0.4 is 5.73 Å². The molecule has 2 N–H and O–H groups in total. The molecule has 0 heterocycles. The Bertz CT molecular complexity index is 79.7. The average molecular weight is 145 g/mol. The van der Waals surface area contributed by atoms with Crippen LogP contribution in [0.5, 0.6) is 0 Å². The van der Waals surface area contributed by atoms with E-state index in [1.807, 2.05) is 0 Å². The number of carbonyl (C=O) groups excluding carboxylic acids is 1. The van der Waals surface area contributed by atoms with Crippen molar-refractivity contribution in [2.75, 3.05) is 7.11 Å². The van der Waals surface area contributed by atoms with Gasteiger partial charge in [-0.3, -0.25) is 4.79 Å². The minimum Gasteiger partial charge on any atom is -0.381 e. The standard InChI is InChI=1S/C6H12O.CH3NO/c1-7-6-4-2-3-5-6;2-1-3/h6H,2-5H2,1H3;1H,(H2,2,3). The van der Waals surface area contributed by atoms with E-state index in [0.29, 0.717) is 6.10 Å². The van der Waals surface area contributed by atoms with Gasteiger partial charge in [-0.1, -0.05) is 12.8 Å². The summed E-state index contributed by atoms with van der Waals surface area (Å²) < 4.78 is 5.11. The van der Waals surface area contributed by atoms with Gasteiger partial charge in [0, 0.05) is 7.11 Å². The molecule has 3 heteroatoms. The molecule has 1 saturated carbocycles. The molecule has 0 atom stereocenters. The largest absolute Gasteiger partial charge is 0.381 e. The van der Waals surface area contributed by atoms with Crippen LogP contribution in [0.15, 0.2) is 0 Å². The summed E-state index contributed by atoms with van der Waals surface area (Å²) in [5.41, 5.74) is 4.17. The fraction of sp³-hybridized carbons (Fsp3) is 0.857. The number of hydrogen-bond donors (Lipinski definition) is 1. The molecule has 1 aliphatic carbocycles. The zero-order valence-corrected chi connectivity index (χ0v) is 6.38. The highest BCUT2D eigenvalue weighted by molar-refractivity contribution is 5.42. The molecule has 1 amide bonds. The first kappa shape index (κ1) is 9.43. The Balaban J connectivity index is 0.000000236. The Kier molecular flexibility index (Phi) is 6.18. The average Bonchev–Trinajstić information content (AvgIpc) is 2.39. The maximum absolute atomic E-state index is 8.58. The third kappa shape index (κ3) is 4.32. The van der Waals surface area contributed by atoms with Gasteiger partial charge in [-0.25, -0.2) is 0 Å². The topological polar surface area (TPSA) is 52.3 Å². The van der Waals surface area contributed by atoms with Gasteiger partial charge in [0.1, 0.15) is 0 Å². The van der Waals surface area contributed by atoms with E-state index in [1.165, 1.54) is 25.7 Å². The Hall–Kier alpha value is -0.570. The lowest BCUT2D eigenvalue weighted by molar-refractivity contribution is -0.106. The summed E-state index contributed by atoms with van der Waals surface area (Å²) >= 11 is 0. The fourth-order valence-corrected chi connectivity index (χ4v) is 1.12. The molecule has 1 fully saturated rings. The summed E-state index contributed by atoms with van der Waals surface area (Å²) in [6.45, 7) is 0. The first-order chi connectivity index (χ1) is 4.85. The van der Waals surface area contributed by atoms with Gasteiger partial charge in [-0.15, -0.1) is 0 Å². The fourth-order valence-electron chi connectivity index (χ4n) is 1.12. The molecule has 0 spiro atoms. The van der Waals surface area contributed by atoms with Crippen molar-refractivity contribution < 1.29 is 9.53 Å². The molecular formula is C7H15NO2. The van der Waals surface area contributed by atoms with Gasteiger partial charge in [0.25, 0.3) is 0 Å². The molecule has 60 valence electrons. The van der Waals surface area contributed by atoms with Gasteiger partial charge < -0.3 is 10.5 Å². The van der Waals surface area contributed by atoms with E-state index in [0.717, 1.165) is 0 Å². The number of primary amides is 1. The Morgan fingerprint density at radius 3 is 2.10 bits per heavy atom. The second-order valence-electron chi connectivity index (χ2n) is 2.28. The third-order valence-electron chi connectivity index (χ3n) is 1.64. The van der Waals surface area contributed by atoms with Crippen LogP contribution in [0.1, 0.15) is 25.7 Å². The van der Waals surface area contributed by atoms with Crippen LogP contribution in [0.3, 0.4) is 0 Å². The molecule has 0 aliphatic heterocycles. The number of amides is 1. The van der Waals surface area contributed by atoms with Gasteiger partial charge >= 0.3 is 0 Å². The van der Waals surface area contributed by atoms with Crippen molar-refractivity contribution in [3.8, 4) is 0 Å². The van der Waals surface area contributed by atoms with E-state index < -0.39 is 0 Å². The predicted molar refractivity (Wildman–Crippen MR) is 39.5 cm³/mol. The minimum absolute atomic E-state index is 0.250. The summed E-state index contributed by atoms with van der Waals surface area (Å²) in [5.74, 6) is 0. The molecule has 0 saturated heterocycles. The summed E-state index contributed by atoms with van der Waals surface area (Å²) in [4.78, 5) is 8.58. The summed E-state index contributed by atoms with van der Waals surface area (Å²) in [7, 11) is 1.80. The quantitative estimate of drug-likeness (QED) is 0.551. The Morgan fingerprint density at radius 1 is 1.50 bits per heavy atom. The van der Waals surface area contributed by atoms with Crippen molar-refractivity contribution in [2.45, 2.75) is 31.8 Å². The van der Waals surface area contributed by atoms with E-state index in [4.69, 9.17) is 9.53 Å². The number of carbonyl (C=O) groups is 1. The van der Waals surface area contributed by atoms with E-state index in [-0.39, 0.29) is 6.41 Å². The van der Waals surface area contributed by atoms with Gasteiger partial charge in [0.15, 0.2) is 0 Å². The van der Waals surface area contributed by atoms with Crippen molar-refractivity contribution in [2.24, 2.45) is 5.73 Å². The second kappa shape index (κ2) is 6.55. The lowest BCUT2D eigenvalue weighted by atomic mass is 10.3. The second-order valence-corrected chi connectivity index (χ2v) is 2.28. The normalized spacial score (nSPS) is 17.7. The maximum Gasteiger partial charge on any atom is 0.204 e. The highest BCUT2D eigenvalue weighted by atomic mass is 16.5. The summed E-state index contributed by atoms with van der Waals surface area (Å²) in [6.07, 6.45) is 6.17. The van der Waals surface area contributed by atoms with Gasteiger partial charge in [-0.2, -0.15) is 0 Å². The van der Waals surface area contributed by atoms with Crippen LogP contribution in [0.4, 0.5) is 0 Å². The molecule has 1 rings (SSSR count). The SMILES string of the molecule is COC1CCCC1.NC=O. The maximum atomic E-state index is 8.58. The van der Waals surface area contributed by atoms with E-state index in [2.05, 4.69) is 5.73 Å². The summed E-state index contributed by atoms with van der Waals surface area (Å²) in [5, 5.41) is 0. The summed E-state index contributed by atoms with van der Waals surface area (Å²) in [6, 6.07) is 0. The number of hydrogen-bond acceptors (Lipinski definition) is 2. The van der Waals surface area contributed by atoms with Crippen LogP contribution in [0, 0.1) is 0 Å². The van der Waals surface area contributed by atoms with E-state index in [1.54, 1.807) is 7.11 Å². The van der Waals surface area contributed by atoms with Crippen LogP contribution in [0.25, 0.3) is 0 Å². The van der Waals surface area contributed by atoms with E-state index in [9.17, 15) is 0 Å². The van der Waals surface area contributed by atoms with Crippen molar-refractivity contribution in [3.63, 3.8) is 0 Å². The molecule has 0 radical (unpaired) electrons. The molecule has 0 aromatic heterocycles. The van der Waals surface area contributed by atoms with Gasteiger partial charge in [0.2, 0.25) is 6.41 Å². The van der Waals surface area contributed by atoms with Crippen LogP contribution in [-0.2, 0) is 9.53 Å². The lowest BCUT2D eigenvalue weighted by Gasteiger charge is -2.02. The molecule has 3 nitrogen and oxygen atoms in total. The highest BCUT2D eigenvalue weighted by Gasteiger charge is 2.12. The first-order valence-electron chi connectivity index (χ1n) is 3.53. The molecule has 0 bridgehead atoms. The zero-order chi connectivity index (χ0) is 7.82. The lowest BCUT2D eigenvalue weighted by Crippen LogP contribution is -2.01. The monoisotopic (exact) mass is 145 g/mol. The van der Waals surface area contributed by atoms with Crippen molar-refractivity contribution in [1.29, 1.82) is 0 Å². The Labute approximate surface area is 61.5 Å². The number of methoxy groups -OCH3 is 1. The molecule has 0 aromatic rings. The first-order valence-corrected chi connectivity index (χ1v) is 3.53. The van der Waals surface area contributed by atoms with Crippen LogP contribution >= 0.6 is 0 Å². The van der Waals surface area contributed by atoms with Crippen molar-refractivity contribution in [1.82, 2.24) is 0 Å². The zero-order valence-electron chi connectivity index (χ0n) is 6.38.